The maximum absolute atomic E-state index is 10.5. The molecule has 0 aliphatic heterocycles. The number of rotatable bonds is 6. The lowest BCUT2D eigenvalue weighted by atomic mass is 9.92. The molecule has 1 fully saturated rings. The van der Waals surface area contributed by atoms with E-state index in [1.54, 1.807) is 27.4 Å². The van der Waals surface area contributed by atoms with Crippen molar-refractivity contribution in [1.29, 1.82) is 0 Å². The second-order valence-electron chi connectivity index (χ2n) is 5.06. The van der Waals surface area contributed by atoms with E-state index in [4.69, 9.17) is 14.2 Å². The van der Waals surface area contributed by atoms with Gasteiger partial charge in [0.05, 0.1) is 27.4 Å². The molecule has 0 radical (unpaired) electrons. The molecule has 1 saturated carbocycles. The summed E-state index contributed by atoms with van der Waals surface area (Å²) in [4.78, 5) is 0. The Labute approximate surface area is 114 Å². The molecule has 4 heteroatoms. The molecule has 0 bridgehead atoms. The van der Waals surface area contributed by atoms with Gasteiger partial charge in [-0.05, 0) is 36.8 Å². The van der Waals surface area contributed by atoms with E-state index in [1.807, 2.05) is 6.07 Å². The molecule has 2 rings (SSSR count). The molecule has 1 N–H and O–H groups in total. The first-order valence-corrected chi connectivity index (χ1v) is 6.61. The van der Waals surface area contributed by atoms with Gasteiger partial charge in [-0.15, -0.1) is 0 Å². The van der Waals surface area contributed by atoms with Crippen molar-refractivity contribution in [2.75, 3.05) is 21.3 Å². The fourth-order valence-electron chi connectivity index (χ4n) is 2.52. The average molecular weight is 266 g/mol. The van der Waals surface area contributed by atoms with E-state index in [9.17, 15) is 5.11 Å². The second kappa shape index (κ2) is 5.70. The van der Waals surface area contributed by atoms with Crippen LogP contribution in [0.5, 0.6) is 17.2 Å². The van der Waals surface area contributed by atoms with Crippen molar-refractivity contribution < 1.29 is 19.3 Å². The third kappa shape index (κ3) is 2.63. The Balaban J connectivity index is 2.38. The minimum absolute atomic E-state index is 0.229. The van der Waals surface area contributed by atoms with Crippen LogP contribution >= 0.6 is 0 Å². The van der Waals surface area contributed by atoms with Crippen LogP contribution in [0.4, 0.5) is 0 Å². The highest BCUT2D eigenvalue weighted by Gasteiger charge is 2.35. The lowest BCUT2D eigenvalue weighted by Crippen LogP contribution is -2.13. The number of hydrogen-bond donors (Lipinski definition) is 1. The Morgan fingerprint density at radius 2 is 1.68 bits per heavy atom. The molecule has 0 heterocycles. The molecule has 1 aliphatic rings. The molecule has 19 heavy (non-hydrogen) atoms. The molecule has 4 nitrogen and oxygen atoms in total. The molecule has 1 aliphatic carbocycles. The number of methoxy groups -OCH3 is 3. The molecule has 1 aromatic carbocycles. The lowest BCUT2D eigenvalue weighted by molar-refractivity contribution is 0.102. The van der Waals surface area contributed by atoms with Gasteiger partial charge in [0.25, 0.3) is 0 Å². The summed E-state index contributed by atoms with van der Waals surface area (Å²) >= 11 is 0. The first-order valence-electron chi connectivity index (χ1n) is 6.61. The van der Waals surface area contributed by atoms with Crippen molar-refractivity contribution in [2.45, 2.75) is 25.9 Å². The van der Waals surface area contributed by atoms with Gasteiger partial charge in [0.15, 0.2) is 11.5 Å². The Kier molecular flexibility index (Phi) is 4.20. The van der Waals surface area contributed by atoms with Crippen LogP contribution in [0.15, 0.2) is 12.1 Å². The van der Waals surface area contributed by atoms with E-state index in [-0.39, 0.29) is 5.92 Å². The maximum Gasteiger partial charge on any atom is 0.203 e. The van der Waals surface area contributed by atoms with E-state index in [0.717, 1.165) is 5.56 Å². The smallest absolute Gasteiger partial charge is 0.203 e. The second-order valence-corrected chi connectivity index (χ2v) is 5.06. The van der Waals surface area contributed by atoms with Crippen molar-refractivity contribution >= 4 is 0 Å². The quantitative estimate of drug-likeness (QED) is 0.860. The van der Waals surface area contributed by atoms with Crippen LogP contribution in [-0.2, 0) is 0 Å². The highest BCUT2D eigenvalue weighted by molar-refractivity contribution is 5.56. The van der Waals surface area contributed by atoms with Crippen molar-refractivity contribution in [3.63, 3.8) is 0 Å². The number of aliphatic hydroxyl groups excluding tert-OH is 1. The van der Waals surface area contributed by atoms with Crippen molar-refractivity contribution in [1.82, 2.24) is 0 Å². The van der Waals surface area contributed by atoms with Crippen LogP contribution in [0, 0.1) is 11.8 Å². The summed E-state index contributed by atoms with van der Waals surface area (Å²) in [7, 11) is 4.73. The standard InChI is InChI=1S/C15H22O4/c1-9(10-5-6-10)13(16)11-7-8-12(17-2)15(19-4)14(11)18-3/h7-10,13,16H,5-6H2,1-4H3. The minimum Gasteiger partial charge on any atom is -0.493 e. The summed E-state index contributed by atoms with van der Waals surface area (Å²) in [6.07, 6.45) is 1.86. The van der Waals surface area contributed by atoms with Crippen molar-refractivity contribution in [3.05, 3.63) is 17.7 Å². The Hall–Kier alpha value is -1.42. The normalized spacial score (nSPS) is 17.7. The fourth-order valence-corrected chi connectivity index (χ4v) is 2.52. The lowest BCUT2D eigenvalue weighted by Gasteiger charge is -2.23. The molecule has 0 amide bonds. The third-order valence-corrected chi connectivity index (χ3v) is 3.92. The van der Waals surface area contributed by atoms with Gasteiger partial charge < -0.3 is 19.3 Å². The largest absolute Gasteiger partial charge is 0.493 e. The zero-order valence-electron chi connectivity index (χ0n) is 12.0. The summed E-state index contributed by atoms with van der Waals surface area (Å²) in [5.74, 6) is 2.54. The Bertz CT molecular complexity index is 440. The summed E-state index contributed by atoms with van der Waals surface area (Å²) in [6.45, 7) is 2.08. The fraction of sp³-hybridized carbons (Fsp3) is 0.600. The monoisotopic (exact) mass is 266 g/mol. The van der Waals surface area contributed by atoms with Crippen LogP contribution in [-0.4, -0.2) is 26.4 Å². The molecule has 2 atom stereocenters. The van der Waals surface area contributed by atoms with Crippen LogP contribution in [0.25, 0.3) is 0 Å². The van der Waals surface area contributed by atoms with Crippen LogP contribution < -0.4 is 14.2 Å². The van der Waals surface area contributed by atoms with Gasteiger partial charge in [0.2, 0.25) is 5.75 Å². The number of aliphatic hydroxyl groups is 1. The highest BCUT2D eigenvalue weighted by Crippen LogP contribution is 2.48. The van der Waals surface area contributed by atoms with Gasteiger partial charge in [-0.3, -0.25) is 0 Å². The maximum atomic E-state index is 10.5. The first kappa shape index (κ1) is 14.0. The first-order chi connectivity index (χ1) is 9.13. The summed E-state index contributed by atoms with van der Waals surface area (Å²) < 4.78 is 16.0. The summed E-state index contributed by atoms with van der Waals surface area (Å²) in [6, 6.07) is 3.66. The molecule has 106 valence electrons. The van der Waals surface area contributed by atoms with Gasteiger partial charge >= 0.3 is 0 Å². The van der Waals surface area contributed by atoms with E-state index in [2.05, 4.69) is 6.92 Å². The molecule has 0 saturated heterocycles. The average Bonchev–Trinajstić information content (AvgIpc) is 3.28. The van der Waals surface area contributed by atoms with Crippen LogP contribution in [0.3, 0.4) is 0 Å². The summed E-state index contributed by atoms with van der Waals surface area (Å²) in [5, 5.41) is 10.5. The van der Waals surface area contributed by atoms with Gasteiger partial charge in [-0.25, -0.2) is 0 Å². The minimum atomic E-state index is -0.540. The highest BCUT2D eigenvalue weighted by atomic mass is 16.5. The molecule has 0 spiro atoms. The van der Waals surface area contributed by atoms with E-state index in [1.165, 1.54) is 12.8 Å². The topological polar surface area (TPSA) is 47.9 Å². The van der Waals surface area contributed by atoms with E-state index in [0.29, 0.717) is 23.2 Å². The van der Waals surface area contributed by atoms with Gasteiger partial charge in [-0.1, -0.05) is 6.92 Å². The van der Waals surface area contributed by atoms with Crippen LogP contribution in [0.2, 0.25) is 0 Å². The van der Waals surface area contributed by atoms with E-state index >= 15 is 0 Å². The molecular weight excluding hydrogens is 244 g/mol. The predicted octanol–water partition coefficient (Wildman–Crippen LogP) is 2.79. The SMILES string of the molecule is COc1ccc(C(O)C(C)C2CC2)c(OC)c1OC. The molecule has 2 unspecified atom stereocenters. The van der Waals surface area contributed by atoms with Gasteiger partial charge in [-0.2, -0.15) is 0 Å². The third-order valence-electron chi connectivity index (χ3n) is 3.92. The Morgan fingerprint density at radius 1 is 1.05 bits per heavy atom. The van der Waals surface area contributed by atoms with Crippen LogP contribution in [0.1, 0.15) is 31.4 Å². The van der Waals surface area contributed by atoms with Gasteiger partial charge in [0, 0.05) is 5.56 Å². The van der Waals surface area contributed by atoms with Crippen molar-refractivity contribution in [3.8, 4) is 17.2 Å². The predicted molar refractivity (Wildman–Crippen MR) is 72.9 cm³/mol. The molecule has 0 aromatic heterocycles. The zero-order chi connectivity index (χ0) is 14.0. The number of ether oxygens (including phenoxy) is 3. The molecule has 1 aromatic rings. The van der Waals surface area contributed by atoms with Gasteiger partial charge in [0.1, 0.15) is 0 Å². The van der Waals surface area contributed by atoms with Crippen molar-refractivity contribution in [2.24, 2.45) is 11.8 Å². The van der Waals surface area contributed by atoms with E-state index < -0.39 is 6.10 Å². The molecular formula is C15H22O4. The Morgan fingerprint density at radius 3 is 2.16 bits per heavy atom. The summed E-state index contributed by atoms with van der Waals surface area (Å²) in [5.41, 5.74) is 0.763. The number of hydrogen-bond acceptors (Lipinski definition) is 4. The zero-order valence-corrected chi connectivity index (χ0v) is 12.0. The number of benzene rings is 1.